The number of aliphatic hydroxyl groups excluding tert-OH is 4. The van der Waals surface area contributed by atoms with E-state index in [9.17, 15) is 20.4 Å². The van der Waals surface area contributed by atoms with Crippen LogP contribution < -0.4 is 4.74 Å². The fraction of sp³-hybridized carbons (Fsp3) is 0.429. The highest BCUT2D eigenvalue weighted by Crippen LogP contribution is 2.40. The second-order valence-corrected chi connectivity index (χ2v) is 6.91. The number of halogens is 2. The van der Waals surface area contributed by atoms with Crippen LogP contribution in [-0.4, -0.2) is 60.1 Å². The maximum atomic E-state index is 10.4. The highest BCUT2D eigenvalue weighted by molar-refractivity contribution is 9.10. The SMILES string of the molecule is OC(Cl)[C@@]1(Br)O[C@@H](O)[C@H](O)[C@@H](Oc2c[nH]c3ccccc23)[C@H]1O. The lowest BCUT2D eigenvalue weighted by Gasteiger charge is -2.46. The molecule has 6 atom stereocenters. The van der Waals surface area contributed by atoms with Crippen molar-refractivity contribution in [2.75, 3.05) is 0 Å². The van der Waals surface area contributed by atoms with Crippen molar-refractivity contribution < 1.29 is 29.9 Å². The second-order valence-electron chi connectivity index (χ2n) is 5.26. The van der Waals surface area contributed by atoms with Gasteiger partial charge in [-0.25, -0.2) is 0 Å². The van der Waals surface area contributed by atoms with E-state index in [4.69, 9.17) is 21.1 Å². The molecule has 7 nitrogen and oxygen atoms in total. The van der Waals surface area contributed by atoms with Crippen molar-refractivity contribution in [3.8, 4) is 5.75 Å². The maximum Gasteiger partial charge on any atom is 0.194 e. The summed E-state index contributed by atoms with van der Waals surface area (Å²) >= 11 is 8.59. The van der Waals surface area contributed by atoms with Crippen LogP contribution >= 0.6 is 27.5 Å². The van der Waals surface area contributed by atoms with E-state index >= 15 is 0 Å². The molecule has 0 spiro atoms. The quantitative estimate of drug-likeness (QED) is 0.476. The number of alkyl halides is 2. The van der Waals surface area contributed by atoms with Crippen molar-refractivity contribution in [1.82, 2.24) is 4.98 Å². The Bertz CT molecular complexity index is 697. The maximum absolute atomic E-state index is 10.4. The molecule has 0 saturated carbocycles. The van der Waals surface area contributed by atoms with E-state index in [-0.39, 0.29) is 0 Å². The Hall–Kier alpha value is -0.870. The first-order valence-electron chi connectivity index (χ1n) is 6.80. The molecule has 3 rings (SSSR count). The fourth-order valence-electron chi connectivity index (χ4n) is 2.52. The van der Waals surface area contributed by atoms with Crippen molar-refractivity contribution in [3.05, 3.63) is 30.5 Å². The van der Waals surface area contributed by atoms with Gasteiger partial charge in [-0.2, -0.15) is 0 Å². The van der Waals surface area contributed by atoms with E-state index < -0.39 is 34.7 Å². The second kappa shape index (κ2) is 6.21. The molecule has 9 heteroatoms. The van der Waals surface area contributed by atoms with Gasteiger partial charge in [-0.1, -0.05) is 23.7 Å². The minimum absolute atomic E-state index is 0.372. The van der Waals surface area contributed by atoms with E-state index in [1.54, 1.807) is 12.3 Å². The molecule has 5 N–H and O–H groups in total. The number of rotatable bonds is 3. The van der Waals surface area contributed by atoms with Crippen LogP contribution in [0.25, 0.3) is 10.9 Å². The molecule has 126 valence electrons. The Morgan fingerprint density at radius 1 is 1.30 bits per heavy atom. The van der Waals surface area contributed by atoms with Crippen molar-refractivity contribution >= 4 is 38.4 Å². The molecule has 1 aliphatic rings. The van der Waals surface area contributed by atoms with Crippen molar-refractivity contribution in [1.29, 1.82) is 0 Å². The van der Waals surface area contributed by atoms with Crippen molar-refractivity contribution in [2.24, 2.45) is 0 Å². The molecule has 2 aromatic rings. The molecule has 0 radical (unpaired) electrons. The van der Waals surface area contributed by atoms with Gasteiger partial charge in [0.05, 0.1) is 0 Å². The van der Waals surface area contributed by atoms with Gasteiger partial charge in [0.25, 0.3) is 0 Å². The number of para-hydroxylation sites is 1. The molecule has 1 unspecified atom stereocenters. The highest BCUT2D eigenvalue weighted by Gasteiger charge is 2.57. The number of H-pyrrole nitrogens is 1. The predicted octanol–water partition coefficient (Wildman–Crippen LogP) is 0.634. The molecule has 23 heavy (non-hydrogen) atoms. The minimum atomic E-state index is -1.88. The first-order valence-corrected chi connectivity index (χ1v) is 8.03. The van der Waals surface area contributed by atoms with Gasteiger partial charge < -0.3 is 34.9 Å². The molecule has 1 aromatic carbocycles. The largest absolute Gasteiger partial charge is 0.482 e. The molecule has 1 fully saturated rings. The standard InChI is InChI=1S/C14H15BrClNO6/c15-14(13(16)21)11(19)10(9(18)12(20)23-14)22-8-5-17-7-4-2-1-3-6(7)8/h1-5,9-13,17-21H/t9-,10-,11-,12-,13?,14+/m1/s1. The van der Waals surface area contributed by atoms with Gasteiger partial charge in [-0.05, 0) is 28.1 Å². The lowest BCUT2D eigenvalue weighted by molar-refractivity contribution is -0.295. The predicted molar refractivity (Wildman–Crippen MR) is 85.3 cm³/mol. The average molecular weight is 409 g/mol. The van der Waals surface area contributed by atoms with Gasteiger partial charge in [0.1, 0.15) is 18.0 Å². The summed E-state index contributed by atoms with van der Waals surface area (Å²) in [6, 6.07) is 7.29. The smallest absolute Gasteiger partial charge is 0.194 e. The zero-order valence-corrected chi connectivity index (χ0v) is 14.0. The normalized spacial score (nSPS) is 36.1. The van der Waals surface area contributed by atoms with Crippen LogP contribution in [-0.2, 0) is 4.74 Å². The van der Waals surface area contributed by atoms with Gasteiger partial charge in [0.15, 0.2) is 22.5 Å². The molecule has 0 amide bonds. The number of ether oxygens (including phenoxy) is 2. The van der Waals surface area contributed by atoms with Crippen LogP contribution in [0.3, 0.4) is 0 Å². The highest BCUT2D eigenvalue weighted by atomic mass is 79.9. The summed E-state index contributed by atoms with van der Waals surface area (Å²) in [6.07, 6.45) is -4.52. The van der Waals surface area contributed by atoms with E-state index in [1.165, 1.54) is 0 Å². The van der Waals surface area contributed by atoms with Gasteiger partial charge in [-0.3, -0.25) is 0 Å². The van der Waals surface area contributed by atoms with Crippen LogP contribution in [0, 0.1) is 0 Å². The van der Waals surface area contributed by atoms with Crippen molar-refractivity contribution in [2.45, 2.75) is 34.7 Å². The average Bonchev–Trinajstić information content (AvgIpc) is 2.92. The lowest BCUT2D eigenvalue weighted by Crippen LogP contribution is -2.66. The molecule has 0 aliphatic carbocycles. The van der Waals surface area contributed by atoms with Crippen LogP contribution in [0.1, 0.15) is 0 Å². The number of hydrogen-bond acceptors (Lipinski definition) is 6. The van der Waals surface area contributed by atoms with Gasteiger partial charge in [-0.15, -0.1) is 0 Å². The number of aliphatic hydroxyl groups is 4. The topological polar surface area (TPSA) is 115 Å². The van der Waals surface area contributed by atoms with Gasteiger partial charge >= 0.3 is 0 Å². The molecule has 0 bridgehead atoms. The Labute approximate surface area is 144 Å². The Morgan fingerprint density at radius 2 is 2.00 bits per heavy atom. The number of aromatic amines is 1. The summed E-state index contributed by atoms with van der Waals surface area (Å²) in [6.45, 7) is 0. The summed E-state index contributed by atoms with van der Waals surface area (Å²) < 4.78 is 8.79. The number of benzene rings is 1. The van der Waals surface area contributed by atoms with E-state index in [1.807, 2.05) is 18.2 Å². The third kappa shape index (κ3) is 2.85. The minimum Gasteiger partial charge on any atom is -0.482 e. The summed E-state index contributed by atoms with van der Waals surface area (Å²) in [5, 5.41) is 40.6. The molecule has 2 heterocycles. The third-order valence-corrected chi connectivity index (χ3v) is 5.46. The number of hydrogen-bond donors (Lipinski definition) is 5. The zero-order valence-electron chi connectivity index (χ0n) is 11.6. The first-order chi connectivity index (χ1) is 10.8. The third-order valence-electron chi connectivity index (χ3n) is 3.78. The fourth-order valence-corrected chi connectivity index (χ4v) is 3.15. The van der Waals surface area contributed by atoms with Crippen LogP contribution in [0.4, 0.5) is 0 Å². The first kappa shape index (κ1) is 17.0. The summed E-state index contributed by atoms with van der Waals surface area (Å²) in [4.78, 5) is 2.99. The van der Waals surface area contributed by atoms with E-state index in [0.29, 0.717) is 5.75 Å². The van der Waals surface area contributed by atoms with Crippen LogP contribution in [0.2, 0.25) is 0 Å². The number of fused-ring (bicyclic) bond motifs is 1. The zero-order chi connectivity index (χ0) is 16.8. The molecule has 1 aliphatic heterocycles. The lowest BCUT2D eigenvalue weighted by atomic mass is 9.98. The Balaban J connectivity index is 1.93. The number of aromatic nitrogens is 1. The van der Waals surface area contributed by atoms with Crippen LogP contribution in [0.5, 0.6) is 5.75 Å². The van der Waals surface area contributed by atoms with E-state index in [2.05, 4.69) is 20.9 Å². The molecule has 1 aromatic heterocycles. The Kier molecular flexibility index (Phi) is 4.58. The monoisotopic (exact) mass is 407 g/mol. The van der Waals surface area contributed by atoms with Gasteiger partial charge in [0, 0.05) is 17.1 Å². The van der Waals surface area contributed by atoms with E-state index in [0.717, 1.165) is 10.9 Å². The summed E-state index contributed by atoms with van der Waals surface area (Å²) in [5.74, 6) is 0.372. The summed E-state index contributed by atoms with van der Waals surface area (Å²) in [5.41, 5.74) is -0.879. The number of nitrogens with one attached hydrogen (secondary N) is 1. The summed E-state index contributed by atoms with van der Waals surface area (Å²) in [7, 11) is 0. The molecule has 1 saturated heterocycles. The van der Waals surface area contributed by atoms with Gasteiger partial charge in [0.2, 0.25) is 0 Å². The molecular formula is C14H15BrClNO6. The Morgan fingerprint density at radius 3 is 2.70 bits per heavy atom. The van der Waals surface area contributed by atoms with Crippen LogP contribution in [0.15, 0.2) is 30.5 Å². The molecular weight excluding hydrogens is 394 g/mol. The van der Waals surface area contributed by atoms with Crippen molar-refractivity contribution in [3.63, 3.8) is 0 Å².